The van der Waals surface area contributed by atoms with Gasteiger partial charge in [-0.3, -0.25) is 0 Å². The maximum atomic E-state index is 11.4. The van der Waals surface area contributed by atoms with E-state index in [1.165, 1.54) is 11.3 Å². The van der Waals surface area contributed by atoms with Crippen LogP contribution < -0.4 is 0 Å². The highest BCUT2D eigenvalue weighted by Gasteiger charge is 2.13. The van der Waals surface area contributed by atoms with Crippen LogP contribution in [0.2, 0.25) is 0 Å². The maximum Gasteiger partial charge on any atom is 0.348 e. The molecule has 0 aliphatic rings. The Kier molecular flexibility index (Phi) is 2.60. The molecule has 0 radical (unpaired) electrons. The zero-order valence-electron chi connectivity index (χ0n) is 7.46. The van der Waals surface area contributed by atoms with Gasteiger partial charge >= 0.3 is 5.97 Å². The van der Waals surface area contributed by atoms with Crippen molar-refractivity contribution >= 4 is 43.5 Å². The van der Waals surface area contributed by atoms with Gasteiger partial charge in [-0.25, -0.2) is 4.79 Å². The van der Waals surface area contributed by atoms with Gasteiger partial charge in [-0.1, -0.05) is 0 Å². The second-order valence-corrected chi connectivity index (χ2v) is 4.62. The van der Waals surface area contributed by atoms with E-state index in [1.54, 1.807) is 6.92 Å². The summed E-state index contributed by atoms with van der Waals surface area (Å²) in [5.41, 5.74) is 0.963. The first kappa shape index (κ1) is 9.73. The van der Waals surface area contributed by atoms with Gasteiger partial charge in [-0.05, 0) is 28.9 Å². The summed E-state index contributed by atoms with van der Waals surface area (Å²) in [6.45, 7) is 2.21. The van der Waals surface area contributed by atoms with Crippen LogP contribution in [0.25, 0.3) is 10.2 Å². The Balaban J connectivity index is 2.40. The van der Waals surface area contributed by atoms with Gasteiger partial charge < -0.3 is 9.72 Å². The third-order valence-corrected chi connectivity index (χ3v) is 3.82. The van der Waals surface area contributed by atoms with Gasteiger partial charge in [0, 0.05) is 6.20 Å². The number of hydrogen-bond donors (Lipinski definition) is 1. The Hall–Kier alpha value is -0.810. The van der Waals surface area contributed by atoms with E-state index in [1.807, 2.05) is 12.3 Å². The van der Waals surface area contributed by atoms with Gasteiger partial charge in [0.25, 0.3) is 0 Å². The Morgan fingerprint density at radius 3 is 3.14 bits per heavy atom. The number of carbonyl (C=O) groups is 1. The van der Waals surface area contributed by atoms with E-state index < -0.39 is 0 Å². The van der Waals surface area contributed by atoms with Crippen LogP contribution in [0.1, 0.15) is 16.6 Å². The molecule has 2 aromatic rings. The number of rotatable bonds is 2. The maximum absolute atomic E-state index is 11.4. The normalized spacial score (nSPS) is 10.7. The number of H-pyrrole nitrogens is 1. The first-order valence-corrected chi connectivity index (χ1v) is 5.77. The smallest absolute Gasteiger partial charge is 0.348 e. The molecular formula is C9H8BrNO2S. The van der Waals surface area contributed by atoms with Gasteiger partial charge in [0.1, 0.15) is 4.88 Å². The number of esters is 1. The quantitative estimate of drug-likeness (QED) is 0.855. The zero-order valence-corrected chi connectivity index (χ0v) is 9.87. The minimum Gasteiger partial charge on any atom is -0.462 e. The van der Waals surface area contributed by atoms with Crippen molar-refractivity contribution in [1.29, 1.82) is 0 Å². The van der Waals surface area contributed by atoms with Crippen molar-refractivity contribution in [2.24, 2.45) is 0 Å². The molecule has 0 amide bonds. The van der Waals surface area contributed by atoms with E-state index in [9.17, 15) is 4.79 Å². The fourth-order valence-electron chi connectivity index (χ4n) is 1.19. The molecule has 2 aromatic heterocycles. The lowest BCUT2D eigenvalue weighted by Gasteiger charge is -1.96. The fraction of sp³-hybridized carbons (Fsp3) is 0.222. The predicted molar refractivity (Wildman–Crippen MR) is 59.8 cm³/mol. The van der Waals surface area contributed by atoms with Crippen LogP contribution in [-0.4, -0.2) is 17.6 Å². The Labute approximate surface area is 93.2 Å². The first-order chi connectivity index (χ1) is 6.72. The summed E-state index contributed by atoms with van der Waals surface area (Å²) < 4.78 is 6.94. The molecule has 0 aromatic carbocycles. The van der Waals surface area contributed by atoms with E-state index in [-0.39, 0.29) is 5.97 Å². The molecule has 74 valence electrons. The van der Waals surface area contributed by atoms with Crippen LogP contribution >= 0.6 is 27.3 Å². The van der Waals surface area contributed by atoms with E-state index in [0.29, 0.717) is 11.5 Å². The van der Waals surface area contributed by atoms with Crippen LogP contribution in [0.3, 0.4) is 0 Å². The molecule has 1 N–H and O–H groups in total. The van der Waals surface area contributed by atoms with Crippen molar-refractivity contribution in [1.82, 2.24) is 4.98 Å². The molecule has 0 spiro atoms. The van der Waals surface area contributed by atoms with Gasteiger partial charge in [0.05, 0.1) is 21.3 Å². The van der Waals surface area contributed by atoms with E-state index in [2.05, 4.69) is 20.9 Å². The largest absolute Gasteiger partial charge is 0.462 e. The highest BCUT2D eigenvalue weighted by atomic mass is 79.9. The highest BCUT2D eigenvalue weighted by Crippen LogP contribution is 2.31. The molecule has 5 heteroatoms. The number of carbonyl (C=O) groups excluding carboxylic acids is 1. The summed E-state index contributed by atoms with van der Waals surface area (Å²) in [5.74, 6) is -0.256. The minimum absolute atomic E-state index is 0.256. The number of aromatic nitrogens is 1. The first-order valence-electron chi connectivity index (χ1n) is 4.16. The number of nitrogens with one attached hydrogen (secondary N) is 1. The van der Waals surface area contributed by atoms with E-state index in [4.69, 9.17) is 4.74 Å². The average Bonchev–Trinajstić information content (AvgIpc) is 2.69. The van der Waals surface area contributed by atoms with E-state index >= 15 is 0 Å². The van der Waals surface area contributed by atoms with Gasteiger partial charge in [-0.2, -0.15) is 0 Å². The van der Waals surface area contributed by atoms with Gasteiger partial charge in [-0.15, -0.1) is 11.3 Å². The molecule has 3 nitrogen and oxygen atoms in total. The molecule has 0 bridgehead atoms. The molecular weight excluding hydrogens is 266 g/mol. The third-order valence-electron chi connectivity index (χ3n) is 1.78. The van der Waals surface area contributed by atoms with Crippen LogP contribution in [0.5, 0.6) is 0 Å². The van der Waals surface area contributed by atoms with E-state index in [0.717, 1.165) is 14.7 Å². The molecule has 0 saturated heterocycles. The van der Waals surface area contributed by atoms with Crippen molar-refractivity contribution in [3.05, 3.63) is 21.6 Å². The SMILES string of the molecule is CCOC(=O)c1cc2[nH]cc(Br)c2s1. The summed E-state index contributed by atoms with van der Waals surface area (Å²) in [4.78, 5) is 15.1. The Morgan fingerprint density at radius 2 is 2.50 bits per heavy atom. The molecule has 2 heterocycles. The number of aromatic amines is 1. The summed E-state index contributed by atoms with van der Waals surface area (Å²) in [6, 6.07) is 1.81. The molecule has 0 atom stereocenters. The number of hydrogen-bond acceptors (Lipinski definition) is 3. The lowest BCUT2D eigenvalue weighted by atomic mass is 10.4. The molecule has 14 heavy (non-hydrogen) atoms. The standard InChI is InChI=1S/C9H8BrNO2S/c1-2-13-9(12)7-3-6-8(14-7)5(10)4-11-6/h3-4,11H,2H2,1H3. The second kappa shape index (κ2) is 3.74. The Bertz CT molecular complexity index is 474. The van der Waals surface area contributed by atoms with Crippen molar-refractivity contribution < 1.29 is 9.53 Å². The second-order valence-electron chi connectivity index (χ2n) is 2.71. The number of fused-ring (bicyclic) bond motifs is 1. The predicted octanol–water partition coefficient (Wildman–Crippen LogP) is 3.17. The molecule has 0 aliphatic carbocycles. The molecule has 2 rings (SSSR count). The average molecular weight is 274 g/mol. The molecule has 0 unspecified atom stereocenters. The van der Waals surface area contributed by atoms with Crippen molar-refractivity contribution in [2.75, 3.05) is 6.61 Å². The zero-order chi connectivity index (χ0) is 10.1. The number of thiophene rings is 1. The van der Waals surface area contributed by atoms with Gasteiger partial charge in [0.15, 0.2) is 0 Å². The van der Waals surface area contributed by atoms with Crippen LogP contribution in [0.4, 0.5) is 0 Å². The topological polar surface area (TPSA) is 42.1 Å². The monoisotopic (exact) mass is 273 g/mol. The summed E-state index contributed by atoms with van der Waals surface area (Å²) in [5, 5.41) is 0. The number of halogens is 1. The third kappa shape index (κ3) is 1.57. The van der Waals surface area contributed by atoms with Crippen LogP contribution in [0.15, 0.2) is 16.7 Å². The summed E-state index contributed by atoms with van der Waals surface area (Å²) in [7, 11) is 0. The summed E-state index contributed by atoms with van der Waals surface area (Å²) in [6.07, 6.45) is 1.86. The molecule has 0 saturated carbocycles. The molecule has 0 fully saturated rings. The van der Waals surface area contributed by atoms with Crippen LogP contribution in [0, 0.1) is 0 Å². The lowest BCUT2D eigenvalue weighted by molar-refractivity contribution is 0.0532. The van der Waals surface area contributed by atoms with Crippen molar-refractivity contribution in [3.63, 3.8) is 0 Å². The molecule has 0 aliphatic heterocycles. The number of ether oxygens (including phenoxy) is 1. The van der Waals surface area contributed by atoms with Crippen molar-refractivity contribution in [3.8, 4) is 0 Å². The highest BCUT2D eigenvalue weighted by molar-refractivity contribution is 9.10. The fourth-order valence-corrected chi connectivity index (χ4v) is 2.68. The summed E-state index contributed by atoms with van der Waals surface area (Å²) >= 11 is 4.82. The van der Waals surface area contributed by atoms with Crippen LogP contribution in [-0.2, 0) is 4.74 Å². The lowest BCUT2D eigenvalue weighted by Crippen LogP contribution is -2.01. The van der Waals surface area contributed by atoms with Gasteiger partial charge in [0.2, 0.25) is 0 Å². The van der Waals surface area contributed by atoms with Crippen molar-refractivity contribution in [2.45, 2.75) is 6.92 Å². The Morgan fingerprint density at radius 1 is 1.71 bits per heavy atom. The minimum atomic E-state index is -0.256.